The number of amides is 1. The van der Waals surface area contributed by atoms with Gasteiger partial charge in [0.2, 0.25) is 0 Å². The number of Topliss-reactive ketones (excluding diaryl/α,β-unsaturated/α-hetero) is 1. The highest BCUT2D eigenvalue weighted by atomic mass is 16.5. The van der Waals surface area contributed by atoms with Gasteiger partial charge in [-0.2, -0.15) is 0 Å². The summed E-state index contributed by atoms with van der Waals surface area (Å²) in [5.74, 6) is 0.391. The zero-order chi connectivity index (χ0) is 29.3. The molecule has 0 aromatic heterocycles. The van der Waals surface area contributed by atoms with Gasteiger partial charge in [-0.3, -0.25) is 9.59 Å². The summed E-state index contributed by atoms with van der Waals surface area (Å²) in [7, 11) is 4.65. The zero-order valence-electron chi connectivity index (χ0n) is 23.8. The molecular formula is C33H34N2O6. The molecule has 1 aliphatic carbocycles. The van der Waals surface area contributed by atoms with Crippen LogP contribution in [-0.2, 0) is 9.59 Å². The molecule has 0 saturated heterocycles. The van der Waals surface area contributed by atoms with Crippen LogP contribution in [0.25, 0.3) is 0 Å². The van der Waals surface area contributed by atoms with Gasteiger partial charge in [-0.05, 0) is 73.2 Å². The number of phenolic OH excluding ortho intramolecular Hbond substituents is 1. The van der Waals surface area contributed by atoms with Crippen molar-refractivity contribution in [2.45, 2.75) is 38.5 Å². The van der Waals surface area contributed by atoms with Gasteiger partial charge in [0.25, 0.3) is 5.91 Å². The van der Waals surface area contributed by atoms with Crippen LogP contribution in [0.3, 0.4) is 0 Å². The van der Waals surface area contributed by atoms with Crippen molar-refractivity contribution in [2.75, 3.05) is 26.6 Å². The van der Waals surface area contributed by atoms with Crippen molar-refractivity contribution in [2.24, 2.45) is 0 Å². The van der Waals surface area contributed by atoms with Gasteiger partial charge in [0, 0.05) is 40.6 Å². The number of aryl methyl sites for hydroxylation is 1. The fourth-order valence-corrected chi connectivity index (χ4v) is 5.79. The Morgan fingerprint density at radius 2 is 1.56 bits per heavy atom. The summed E-state index contributed by atoms with van der Waals surface area (Å²) in [5, 5.41) is 16.7. The first-order chi connectivity index (χ1) is 19.7. The molecule has 1 aliphatic heterocycles. The standard InChI is InChI=1S/C33H34N2O6/c1-18-8-6-7-9-23(18)35-33(38)30-19(2)34-24-14-22(20-11-13-27(39-3)29(16-20)41-5)15-26(37)32(24)31(30)21-10-12-25(36)28(17-21)40-4/h6-13,16-17,22,31,34,36H,14-15H2,1-5H3,(H,35,38)/t22-,31-/m1/s1. The normalized spacial score (nSPS) is 18.4. The molecule has 0 bridgehead atoms. The largest absolute Gasteiger partial charge is 0.504 e. The Bertz CT molecular complexity index is 1590. The molecule has 1 amide bonds. The Labute approximate surface area is 239 Å². The highest BCUT2D eigenvalue weighted by molar-refractivity contribution is 6.10. The molecule has 0 saturated carbocycles. The van der Waals surface area contributed by atoms with Crippen LogP contribution in [0.4, 0.5) is 5.69 Å². The number of aromatic hydroxyl groups is 1. The van der Waals surface area contributed by atoms with Crippen molar-refractivity contribution < 1.29 is 28.9 Å². The van der Waals surface area contributed by atoms with E-state index in [1.54, 1.807) is 26.4 Å². The summed E-state index contributed by atoms with van der Waals surface area (Å²) in [5.41, 5.74) is 5.71. The van der Waals surface area contributed by atoms with Crippen molar-refractivity contribution in [3.63, 3.8) is 0 Å². The number of nitrogens with one attached hydrogen (secondary N) is 2. The van der Waals surface area contributed by atoms with Gasteiger partial charge in [0.05, 0.1) is 21.3 Å². The molecule has 8 nitrogen and oxygen atoms in total. The predicted octanol–water partition coefficient (Wildman–Crippen LogP) is 5.73. The number of carbonyl (C=O) groups is 2. The summed E-state index contributed by atoms with van der Waals surface area (Å²) in [6.07, 6.45) is 0.847. The predicted molar refractivity (Wildman–Crippen MR) is 157 cm³/mol. The Morgan fingerprint density at radius 3 is 2.27 bits per heavy atom. The van der Waals surface area contributed by atoms with E-state index in [4.69, 9.17) is 14.2 Å². The molecular weight excluding hydrogens is 520 g/mol. The van der Waals surface area contributed by atoms with Crippen LogP contribution in [0.1, 0.15) is 48.3 Å². The third kappa shape index (κ3) is 5.25. The van der Waals surface area contributed by atoms with Crippen LogP contribution in [0.2, 0.25) is 0 Å². The molecule has 3 aromatic rings. The topological polar surface area (TPSA) is 106 Å². The van der Waals surface area contributed by atoms with Crippen molar-refractivity contribution in [1.82, 2.24) is 5.32 Å². The second-order valence-corrected chi connectivity index (χ2v) is 10.3. The van der Waals surface area contributed by atoms with Gasteiger partial charge >= 0.3 is 0 Å². The van der Waals surface area contributed by atoms with Gasteiger partial charge < -0.3 is 30.0 Å². The highest BCUT2D eigenvalue weighted by Gasteiger charge is 2.41. The molecule has 0 spiro atoms. The minimum Gasteiger partial charge on any atom is -0.504 e. The van der Waals surface area contributed by atoms with Crippen LogP contribution in [0, 0.1) is 6.92 Å². The average Bonchev–Trinajstić information content (AvgIpc) is 2.97. The van der Waals surface area contributed by atoms with E-state index >= 15 is 0 Å². The lowest BCUT2D eigenvalue weighted by Gasteiger charge is -2.37. The van der Waals surface area contributed by atoms with Crippen molar-refractivity contribution in [1.29, 1.82) is 0 Å². The first-order valence-corrected chi connectivity index (χ1v) is 13.5. The quantitative estimate of drug-likeness (QED) is 0.343. The van der Waals surface area contributed by atoms with Crippen molar-refractivity contribution in [3.05, 3.63) is 99.9 Å². The summed E-state index contributed by atoms with van der Waals surface area (Å²) in [6, 6.07) is 18.2. The van der Waals surface area contributed by atoms with E-state index in [2.05, 4.69) is 10.6 Å². The molecule has 0 radical (unpaired) electrons. The first kappa shape index (κ1) is 27.8. The minimum absolute atomic E-state index is 0.0190. The van der Waals surface area contributed by atoms with E-state index in [1.165, 1.54) is 13.2 Å². The van der Waals surface area contributed by atoms with Crippen LogP contribution in [-0.4, -0.2) is 38.1 Å². The fraction of sp³-hybridized carbons (Fsp3) is 0.273. The molecule has 3 aromatic carbocycles. The maximum atomic E-state index is 14.0. The molecule has 3 N–H and O–H groups in total. The molecule has 0 unspecified atom stereocenters. The summed E-state index contributed by atoms with van der Waals surface area (Å²) >= 11 is 0. The van der Waals surface area contributed by atoms with E-state index in [9.17, 15) is 14.7 Å². The van der Waals surface area contributed by atoms with Crippen molar-refractivity contribution in [3.8, 4) is 23.0 Å². The Balaban J connectivity index is 1.58. The molecule has 2 atom stereocenters. The van der Waals surface area contributed by atoms with E-state index in [1.807, 2.05) is 56.3 Å². The van der Waals surface area contributed by atoms with Crippen LogP contribution in [0.5, 0.6) is 23.0 Å². The Morgan fingerprint density at radius 1 is 0.878 bits per heavy atom. The maximum Gasteiger partial charge on any atom is 0.254 e. The molecule has 8 heteroatoms. The first-order valence-electron chi connectivity index (χ1n) is 13.5. The molecule has 2 aliphatic rings. The minimum atomic E-state index is -0.649. The molecule has 1 heterocycles. The van der Waals surface area contributed by atoms with E-state index in [0.29, 0.717) is 46.0 Å². The molecule has 0 fully saturated rings. The number of carbonyl (C=O) groups excluding carboxylic acids is 2. The number of rotatable bonds is 7. The Hall–Kier alpha value is -4.72. The smallest absolute Gasteiger partial charge is 0.254 e. The summed E-state index contributed by atoms with van der Waals surface area (Å²) < 4.78 is 16.3. The number of hydrogen-bond acceptors (Lipinski definition) is 7. The number of anilines is 1. The van der Waals surface area contributed by atoms with E-state index in [-0.39, 0.29) is 35.5 Å². The zero-order valence-corrected chi connectivity index (χ0v) is 23.8. The maximum absolute atomic E-state index is 14.0. The lowest BCUT2D eigenvalue weighted by atomic mass is 9.71. The monoisotopic (exact) mass is 554 g/mol. The number of ketones is 1. The number of ether oxygens (including phenoxy) is 3. The number of methoxy groups -OCH3 is 3. The average molecular weight is 555 g/mol. The second kappa shape index (κ2) is 11.4. The van der Waals surface area contributed by atoms with E-state index < -0.39 is 5.92 Å². The number of hydrogen-bond donors (Lipinski definition) is 3. The number of allylic oxidation sites excluding steroid dienone is 3. The third-order valence-electron chi connectivity index (χ3n) is 7.88. The molecule has 5 rings (SSSR count). The lowest BCUT2D eigenvalue weighted by Crippen LogP contribution is -2.37. The van der Waals surface area contributed by atoms with E-state index in [0.717, 1.165) is 16.8 Å². The molecule has 41 heavy (non-hydrogen) atoms. The third-order valence-corrected chi connectivity index (χ3v) is 7.88. The van der Waals surface area contributed by atoms with Gasteiger partial charge in [0.1, 0.15) is 0 Å². The number of benzene rings is 3. The van der Waals surface area contributed by atoms with Gasteiger partial charge in [-0.15, -0.1) is 0 Å². The number of phenols is 1. The van der Waals surface area contributed by atoms with Gasteiger partial charge in [-0.1, -0.05) is 30.3 Å². The lowest BCUT2D eigenvalue weighted by molar-refractivity contribution is -0.116. The fourth-order valence-electron chi connectivity index (χ4n) is 5.79. The second-order valence-electron chi connectivity index (χ2n) is 10.3. The highest BCUT2D eigenvalue weighted by Crippen LogP contribution is 2.47. The van der Waals surface area contributed by atoms with Crippen molar-refractivity contribution >= 4 is 17.4 Å². The molecule has 212 valence electrons. The summed E-state index contributed by atoms with van der Waals surface area (Å²) in [4.78, 5) is 27.9. The van der Waals surface area contributed by atoms with Crippen LogP contribution in [0.15, 0.2) is 83.2 Å². The van der Waals surface area contributed by atoms with Gasteiger partial charge in [-0.25, -0.2) is 0 Å². The SMILES string of the molecule is COc1cc([C@@H]2C(C(=O)Nc3ccccc3C)=C(C)NC3=C2C(=O)C[C@H](c2ccc(OC)c(OC)c2)C3)ccc1O. The summed E-state index contributed by atoms with van der Waals surface area (Å²) in [6.45, 7) is 3.78. The number of para-hydroxylation sites is 1. The number of dihydropyridines is 1. The van der Waals surface area contributed by atoms with Crippen LogP contribution >= 0.6 is 0 Å². The Kier molecular flexibility index (Phi) is 7.75. The van der Waals surface area contributed by atoms with Gasteiger partial charge in [0.15, 0.2) is 28.8 Å². The van der Waals surface area contributed by atoms with Crippen LogP contribution < -0.4 is 24.8 Å².